The average Bonchev–Trinajstić information content (AvgIpc) is 3.94. The molecule has 0 heterocycles. The number of phenolic OH excluding ortho intramolecular Hbond substituents is 1. The van der Waals surface area contributed by atoms with Crippen molar-refractivity contribution in [3.8, 4) is 17.2 Å². The summed E-state index contributed by atoms with van der Waals surface area (Å²) < 4.78 is 10.9. The first-order valence-electron chi connectivity index (χ1n) is 28.6. The Bertz CT molecular complexity index is 3100. The number of anilines is 3. The number of esters is 1. The Morgan fingerprint density at radius 2 is 0.671 bits per heavy atom. The maximum Gasteiger partial charge on any atom is 0.308 e. The van der Waals surface area contributed by atoms with Crippen LogP contribution >= 0.6 is 0 Å². The quantitative estimate of drug-likeness (QED) is 0.0514. The average molecular weight is 1070 g/mol. The SMILES string of the molecule is CC(=O)Oc1cc2c(cc1NC(=O)c1ccc(C(C)(C)C)cc1)CCCCC2.CC(C)(C)c1ccc(C(=O)Nc2cc3c(cc2O)CCCCC3)cc1.COc1cc2c(cc1NC(=O)c1ccc(C(C)(C)C)cc1)CCCCC2. The Morgan fingerprint density at radius 1 is 0.392 bits per heavy atom. The zero-order chi connectivity index (χ0) is 57.1. The van der Waals surface area contributed by atoms with Gasteiger partial charge in [-0.2, -0.15) is 0 Å². The van der Waals surface area contributed by atoms with E-state index in [9.17, 15) is 24.3 Å². The molecular weight excluding hydrogens is 983 g/mol. The molecule has 10 nitrogen and oxygen atoms in total. The second-order valence-electron chi connectivity index (χ2n) is 24.7. The third kappa shape index (κ3) is 16.4. The minimum absolute atomic E-state index is 0.0362. The molecule has 6 aromatic carbocycles. The molecule has 3 aliphatic carbocycles. The van der Waals surface area contributed by atoms with Gasteiger partial charge in [0, 0.05) is 23.6 Å². The zero-order valence-corrected chi connectivity index (χ0v) is 48.9. The third-order valence-corrected chi connectivity index (χ3v) is 15.4. The van der Waals surface area contributed by atoms with Crippen molar-refractivity contribution in [2.24, 2.45) is 0 Å². The van der Waals surface area contributed by atoms with Gasteiger partial charge < -0.3 is 30.5 Å². The van der Waals surface area contributed by atoms with Crippen LogP contribution in [0.2, 0.25) is 0 Å². The van der Waals surface area contributed by atoms with E-state index in [-0.39, 0.29) is 39.7 Å². The molecule has 0 spiro atoms. The summed E-state index contributed by atoms with van der Waals surface area (Å²) in [5.74, 6) is 0.432. The maximum absolute atomic E-state index is 12.8. The second-order valence-corrected chi connectivity index (χ2v) is 24.7. The lowest BCUT2D eigenvalue weighted by molar-refractivity contribution is -0.131. The van der Waals surface area contributed by atoms with Gasteiger partial charge in [0.2, 0.25) is 0 Å². The van der Waals surface area contributed by atoms with Crippen molar-refractivity contribution in [1.82, 2.24) is 0 Å². The second kappa shape index (κ2) is 26.2. The predicted molar refractivity (Wildman–Crippen MR) is 322 cm³/mol. The van der Waals surface area contributed by atoms with Crippen LogP contribution in [0, 0.1) is 0 Å². The van der Waals surface area contributed by atoms with Gasteiger partial charge in [0.05, 0.1) is 24.2 Å². The summed E-state index contributed by atoms with van der Waals surface area (Å²) in [6.45, 7) is 20.8. The number of benzene rings is 6. The van der Waals surface area contributed by atoms with Gasteiger partial charge in [-0.25, -0.2) is 0 Å². The highest BCUT2D eigenvalue weighted by Crippen LogP contribution is 2.36. The number of methoxy groups -OCH3 is 1. The van der Waals surface area contributed by atoms with Gasteiger partial charge in [0.25, 0.3) is 17.7 Å². The topological polar surface area (TPSA) is 143 Å². The van der Waals surface area contributed by atoms with E-state index in [0.717, 1.165) is 69.2 Å². The summed E-state index contributed by atoms with van der Waals surface area (Å²) in [4.78, 5) is 49.6. The number of fused-ring (bicyclic) bond motifs is 3. The Balaban J connectivity index is 0.000000172. The van der Waals surface area contributed by atoms with E-state index >= 15 is 0 Å². The fourth-order valence-electron chi connectivity index (χ4n) is 10.5. The fourth-order valence-corrected chi connectivity index (χ4v) is 10.5. The van der Waals surface area contributed by atoms with Crippen LogP contribution in [0.3, 0.4) is 0 Å². The molecule has 0 bridgehead atoms. The summed E-state index contributed by atoms with van der Waals surface area (Å²) in [7, 11) is 1.66. The molecule has 79 heavy (non-hydrogen) atoms. The van der Waals surface area contributed by atoms with Gasteiger partial charge in [-0.1, -0.05) is 118 Å². The summed E-state index contributed by atoms with van der Waals surface area (Å²) >= 11 is 0. The van der Waals surface area contributed by atoms with Crippen molar-refractivity contribution in [1.29, 1.82) is 0 Å². The molecule has 10 heteroatoms. The predicted octanol–water partition coefficient (Wildman–Crippen LogP) is 16.2. The van der Waals surface area contributed by atoms with Crippen molar-refractivity contribution >= 4 is 40.8 Å². The van der Waals surface area contributed by atoms with Gasteiger partial charge in [-0.05, 0) is 216 Å². The van der Waals surface area contributed by atoms with E-state index in [1.165, 1.54) is 95.5 Å². The molecule has 3 aliphatic rings. The van der Waals surface area contributed by atoms with Crippen molar-refractivity contribution in [3.05, 3.63) is 176 Å². The number of aromatic hydroxyl groups is 1. The molecule has 0 saturated heterocycles. The lowest BCUT2D eigenvalue weighted by atomic mass is 9.86. The summed E-state index contributed by atoms with van der Waals surface area (Å²) in [5, 5.41) is 19.1. The van der Waals surface area contributed by atoms with Gasteiger partial charge in [0.1, 0.15) is 11.5 Å². The van der Waals surface area contributed by atoms with E-state index in [1.807, 2.05) is 97.1 Å². The first-order valence-corrected chi connectivity index (χ1v) is 28.6. The van der Waals surface area contributed by atoms with Crippen molar-refractivity contribution < 1.29 is 33.8 Å². The highest BCUT2D eigenvalue weighted by molar-refractivity contribution is 6.06. The number of carbonyl (C=O) groups excluding carboxylic acids is 4. The Morgan fingerprint density at radius 3 is 0.987 bits per heavy atom. The Hall–Kier alpha value is -7.20. The third-order valence-electron chi connectivity index (χ3n) is 15.4. The van der Waals surface area contributed by atoms with Crippen molar-refractivity contribution in [2.75, 3.05) is 23.1 Å². The van der Waals surface area contributed by atoms with E-state index in [2.05, 4.69) is 90.4 Å². The minimum Gasteiger partial charge on any atom is -0.506 e. The van der Waals surface area contributed by atoms with Gasteiger partial charge >= 0.3 is 5.97 Å². The van der Waals surface area contributed by atoms with Crippen molar-refractivity contribution in [2.45, 2.75) is 182 Å². The highest BCUT2D eigenvalue weighted by atomic mass is 16.5. The van der Waals surface area contributed by atoms with Crippen LogP contribution in [0.4, 0.5) is 17.1 Å². The van der Waals surface area contributed by atoms with Crippen molar-refractivity contribution in [3.63, 3.8) is 0 Å². The molecule has 0 saturated carbocycles. The number of aryl methyl sites for hydroxylation is 6. The lowest BCUT2D eigenvalue weighted by Crippen LogP contribution is -2.16. The minimum atomic E-state index is -0.390. The van der Waals surface area contributed by atoms with Crippen LogP contribution in [-0.4, -0.2) is 35.9 Å². The van der Waals surface area contributed by atoms with Gasteiger partial charge in [-0.15, -0.1) is 0 Å². The van der Waals surface area contributed by atoms with Gasteiger partial charge in [-0.3, -0.25) is 19.2 Å². The zero-order valence-electron chi connectivity index (χ0n) is 48.9. The van der Waals surface area contributed by atoms with Crippen LogP contribution in [0.1, 0.15) is 208 Å². The fraction of sp³-hybridized carbons (Fsp3) is 0.420. The normalized spacial score (nSPS) is 14.3. The molecular formula is C69H85N3O7. The Labute approximate surface area is 470 Å². The number of hydrogen-bond acceptors (Lipinski definition) is 7. The number of amides is 3. The van der Waals surface area contributed by atoms with Gasteiger partial charge in [0.15, 0.2) is 5.75 Å². The van der Waals surface area contributed by atoms with E-state index in [1.54, 1.807) is 7.11 Å². The van der Waals surface area contributed by atoms with E-state index in [4.69, 9.17) is 9.47 Å². The van der Waals surface area contributed by atoms with Crippen LogP contribution in [-0.2, 0) is 59.6 Å². The largest absolute Gasteiger partial charge is 0.506 e. The molecule has 4 N–H and O–H groups in total. The van der Waals surface area contributed by atoms with Crippen LogP contribution in [0.15, 0.2) is 109 Å². The molecule has 0 unspecified atom stereocenters. The number of carbonyl (C=O) groups is 4. The monoisotopic (exact) mass is 1070 g/mol. The summed E-state index contributed by atoms with van der Waals surface area (Å²) in [5.41, 5.74) is 15.0. The number of nitrogens with one attached hydrogen (secondary N) is 3. The van der Waals surface area contributed by atoms with Crippen LogP contribution in [0.5, 0.6) is 17.2 Å². The molecule has 0 aromatic heterocycles. The molecule has 418 valence electrons. The molecule has 0 atom stereocenters. The molecule has 0 aliphatic heterocycles. The standard InChI is InChI=1S/C24H29NO3.C23H29NO2.C22H27NO2/c1-16(26)28-22-15-19-9-7-5-6-8-18(19)14-21(22)25-23(27)17-10-12-20(13-11-17)24(2,3)4;1-23(2,3)19-12-10-16(11-13-19)22(25)24-20-14-17-8-6-5-7-9-18(17)15-21(20)26-4;1-22(2,3)18-11-9-15(10-12-18)21(25)23-19-13-16-7-5-4-6-8-17(16)14-20(19)24/h10-15H,5-9H2,1-4H3,(H,25,27);10-15H,5-9H2,1-4H3,(H,24,25);9-14,24H,4-8H2,1-3H3,(H,23,25). The van der Waals surface area contributed by atoms with Crippen LogP contribution in [0.25, 0.3) is 0 Å². The first-order chi connectivity index (χ1) is 37.5. The van der Waals surface area contributed by atoms with E-state index < -0.39 is 5.97 Å². The molecule has 0 fully saturated rings. The number of hydrogen-bond donors (Lipinski definition) is 4. The highest BCUT2D eigenvalue weighted by Gasteiger charge is 2.22. The smallest absolute Gasteiger partial charge is 0.308 e. The number of rotatable bonds is 8. The Kier molecular flexibility index (Phi) is 19.7. The first kappa shape index (κ1) is 59.5. The maximum atomic E-state index is 12.8. The summed E-state index contributed by atoms with van der Waals surface area (Å²) in [6.07, 6.45) is 16.9. The number of phenols is 1. The van der Waals surface area contributed by atoms with Crippen LogP contribution < -0.4 is 25.4 Å². The summed E-state index contributed by atoms with van der Waals surface area (Å²) in [6, 6.07) is 35.0. The molecule has 0 radical (unpaired) electrons. The lowest BCUT2D eigenvalue weighted by Gasteiger charge is -2.19. The molecule has 6 aromatic rings. The number of ether oxygens (including phenoxy) is 2. The molecule has 9 rings (SSSR count). The van der Waals surface area contributed by atoms with E-state index in [0.29, 0.717) is 33.8 Å². The molecule has 3 amide bonds.